The highest BCUT2D eigenvalue weighted by atomic mass is 32.2. The monoisotopic (exact) mass is 281 g/mol. The summed E-state index contributed by atoms with van der Waals surface area (Å²) in [6.07, 6.45) is 0. The predicted octanol–water partition coefficient (Wildman–Crippen LogP) is -0.619. The number of aryl methyl sites for hydroxylation is 1. The lowest BCUT2D eigenvalue weighted by atomic mass is 10.1. The number of hydrogen-bond donors (Lipinski definition) is 3. The summed E-state index contributed by atoms with van der Waals surface area (Å²) >= 11 is 0. The van der Waals surface area contributed by atoms with Crippen LogP contribution in [0.2, 0.25) is 0 Å². The lowest BCUT2D eigenvalue weighted by Gasteiger charge is -2.09. The van der Waals surface area contributed by atoms with E-state index in [0.29, 0.717) is 0 Å². The molecule has 1 aromatic rings. The first kappa shape index (κ1) is 14.1. The standard InChI is InChI=1S/C8H11NO6S2/c1-5-2-6(4-10)8(17(13,14)15)3-7(5)16(9,11)12/h2-3,10H,4H2,1H3,(H2,9,11,12)(H,13,14,15). The molecular weight excluding hydrogens is 270 g/mol. The summed E-state index contributed by atoms with van der Waals surface area (Å²) in [5.41, 5.74) is 0.0846. The average molecular weight is 281 g/mol. The second-order valence-corrected chi connectivity index (χ2v) is 6.32. The number of rotatable bonds is 3. The zero-order valence-electron chi connectivity index (χ0n) is 8.78. The Bertz CT molecular complexity index is 647. The molecule has 7 nitrogen and oxygen atoms in total. The predicted molar refractivity (Wildman–Crippen MR) is 58.3 cm³/mol. The maximum atomic E-state index is 11.2. The molecule has 0 spiro atoms. The van der Waals surface area contributed by atoms with E-state index in [-0.39, 0.29) is 11.1 Å². The van der Waals surface area contributed by atoms with Gasteiger partial charge in [-0.05, 0) is 24.1 Å². The molecule has 0 heterocycles. The van der Waals surface area contributed by atoms with Gasteiger partial charge in [0.15, 0.2) is 0 Å². The van der Waals surface area contributed by atoms with Gasteiger partial charge in [-0.2, -0.15) is 8.42 Å². The van der Waals surface area contributed by atoms with Gasteiger partial charge in [-0.1, -0.05) is 6.07 Å². The van der Waals surface area contributed by atoms with Gasteiger partial charge in [-0.3, -0.25) is 4.55 Å². The van der Waals surface area contributed by atoms with Crippen molar-refractivity contribution in [3.8, 4) is 0 Å². The Morgan fingerprint density at radius 3 is 2.06 bits per heavy atom. The van der Waals surface area contributed by atoms with E-state index in [1.165, 1.54) is 6.92 Å². The molecular formula is C8H11NO6S2. The molecule has 0 radical (unpaired) electrons. The maximum absolute atomic E-state index is 11.2. The Morgan fingerprint density at radius 2 is 1.71 bits per heavy atom. The van der Waals surface area contributed by atoms with Crippen molar-refractivity contribution in [2.24, 2.45) is 5.14 Å². The topological polar surface area (TPSA) is 135 Å². The minimum Gasteiger partial charge on any atom is -0.392 e. The Labute approximate surface area is 98.7 Å². The number of hydrogen-bond acceptors (Lipinski definition) is 5. The van der Waals surface area contributed by atoms with Crippen molar-refractivity contribution in [3.63, 3.8) is 0 Å². The normalized spacial score (nSPS) is 12.7. The number of sulfonamides is 1. The first-order valence-electron chi connectivity index (χ1n) is 4.32. The van der Waals surface area contributed by atoms with Crippen molar-refractivity contribution in [1.82, 2.24) is 0 Å². The molecule has 0 aromatic heterocycles. The van der Waals surface area contributed by atoms with Crippen LogP contribution in [0.3, 0.4) is 0 Å². The summed E-state index contributed by atoms with van der Waals surface area (Å²) in [6, 6.07) is 1.87. The summed E-state index contributed by atoms with van der Waals surface area (Å²) in [5.74, 6) is 0. The van der Waals surface area contributed by atoms with Crippen LogP contribution in [0.4, 0.5) is 0 Å². The molecule has 0 atom stereocenters. The van der Waals surface area contributed by atoms with Crippen LogP contribution >= 0.6 is 0 Å². The molecule has 4 N–H and O–H groups in total. The quantitative estimate of drug-likeness (QED) is 0.632. The highest BCUT2D eigenvalue weighted by Crippen LogP contribution is 2.23. The van der Waals surface area contributed by atoms with Crippen LogP contribution in [-0.4, -0.2) is 26.5 Å². The molecule has 0 amide bonds. The van der Waals surface area contributed by atoms with Gasteiger partial charge in [0.1, 0.15) is 4.90 Å². The highest BCUT2D eigenvalue weighted by molar-refractivity contribution is 7.89. The van der Waals surface area contributed by atoms with E-state index >= 15 is 0 Å². The molecule has 0 aliphatic heterocycles. The number of nitrogens with two attached hydrogens (primary N) is 1. The molecule has 0 saturated heterocycles. The van der Waals surface area contributed by atoms with Crippen molar-refractivity contribution in [3.05, 3.63) is 23.3 Å². The van der Waals surface area contributed by atoms with E-state index in [9.17, 15) is 16.8 Å². The van der Waals surface area contributed by atoms with Crippen molar-refractivity contribution < 1.29 is 26.5 Å². The smallest absolute Gasteiger partial charge is 0.294 e. The van der Waals surface area contributed by atoms with Crippen molar-refractivity contribution in [1.29, 1.82) is 0 Å². The lowest BCUT2D eigenvalue weighted by Crippen LogP contribution is -2.15. The van der Waals surface area contributed by atoms with Crippen molar-refractivity contribution in [2.45, 2.75) is 23.3 Å². The fraction of sp³-hybridized carbons (Fsp3) is 0.250. The summed E-state index contributed by atoms with van der Waals surface area (Å²) in [6.45, 7) is 0.744. The second-order valence-electron chi connectivity index (χ2n) is 3.40. The summed E-state index contributed by atoms with van der Waals surface area (Å²) in [7, 11) is -8.72. The second kappa shape index (κ2) is 4.35. The Balaban J connectivity index is 3.73. The zero-order valence-corrected chi connectivity index (χ0v) is 10.4. The summed E-state index contributed by atoms with van der Waals surface area (Å²) in [5, 5.41) is 13.8. The third kappa shape index (κ3) is 3.01. The van der Waals surface area contributed by atoms with E-state index in [1.807, 2.05) is 0 Å². The lowest BCUT2D eigenvalue weighted by molar-refractivity contribution is 0.277. The van der Waals surface area contributed by atoms with Crippen LogP contribution in [-0.2, 0) is 26.7 Å². The molecule has 1 aromatic carbocycles. The van der Waals surface area contributed by atoms with Crippen LogP contribution in [0.5, 0.6) is 0 Å². The minimum atomic E-state index is -4.63. The van der Waals surface area contributed by atoms with Gasteiger partial charge in [0.2, 0.25) is 10.0 Å². The first-order valence-corrected chi connectivity index (χ1v) is 7.30. The fourth-order valence-corrected chi connectivity index (χ4v) is 2.99. The first-order chi connectivity index (χ1) is 7.57. The molecule has 1 rings (SSSR count). The molecule has 9 heteroatoms. The molecule has 0 bridgehead atoms. The van der Waals surface area contributed by atoms with E-state index < -0.39 is 36.5 Å². The Morgan fingerprint density at radius 1 is 1.18 bits per heavy atom. The van der Waals surface area contributed by atoms with Gasteiger partial charge in [-0.25, -0.2) is 13.6 Å². The third-order valence-electron chi connectivity index (χ3n) is 2.11. The van der Waals surface area contributed by atoms with Crippen LogP contribution in [0.15, 0.2) is 21.9 Å². The fourth-order valence-electron chi connectivity index (χ4n) is 1.40. The van der Waals surface area contributed by atoms with Gasteiger partial charge in [0.25, 0.3) is 10.1 Å². The average Bonchev–Trinajstić information content (AvgIpc) is 2.13. The Kier molecular flexibility index (Phi) is 3.60. The number of aliphatic hydroxyl groups excluding tert-OH is 1. The van der Waals surface area contributed by atoms with Crippen LogP contribution < -0.4 is 5.14 Å². The van der Waals surface area contributed by atoms with Gasteiger partial charge >= 0.3 is 0 Å². The van der Waals surface area contributed by atoms with Gasteiger partial charge in [0, 0.05) is 0 Å². The summed E-state index contributed by atoms with van der Waals surface area (Å²) < 4.78 is 53.3. The van der Waals surface area contributed by atoms with Gasteiger partial charge in [-0.15, -0.1) is 0 Å². The number of benzene rings is 1. The molecule has 0 fully saturated rings. The van der Waals surface area contributed by atoms with Gasteiger partial charge in [0.05, 0.1) is 11.5 Å². The third-order valence-corrected chi connectivity index (χ3v) is 4.10. The highest BCUT2D eigenvalue weighted by Gasteiger charge is 2.21. The molecule has 17 heavy (non-hydrogen) atoms. The zero-order chi connectivity index (χ0) is 13.4. The Hall–Kier alpha value is -1.00. The molecule has 96 valence electrons. The minimum absolute atomic E-state index is 0.0996. The maximum Gasteiger partial charge on any atom is 0.294 e. The van der Waals surface area contributed by atoms with Crippen molar-refractivity contribution in [2.75, 3.05) is 0 Å². The number of primary sulfonamides is 1. The van der Waals surface area contributed by atoms with Crippen LogP contribution in [0.1, 0.15) is 11.1 Å². The van der Waals surface area contributed by atoms with E-state index in [1.54, 1.807) is 0 Å². The number of aliphatic hydroxyl groups is 1. The van der Waals surface area contributed by atoms with E-state index in [0.717, 1.165) is 12.1 Å². The molecule has 0 aliphatic carbocycles. The largest absolute Gasteiger partial charge is 0.392 e. The van der Waals surface area contributed by atoms with E-state index in [2.05, 4.69) is 0 Å². The van der Waals surface area contributed by atoms with Gasteiger partial charge < -0.3 is 5.11 Å². The molecule has 0 unspecified atom stereocenters. The van der Waals surface area contributed by atoms with Crippen LogP contribution in [0.25, 0.3) is 0 Å². The molecule has 0 aliphatic rings. The summed E-state index contributed by atoms with van der Waals surface area (Å²) in [4.78, 5) is -1.09. The molecule has 0 saturated carbocycles. The van der Waals surface area contributed by atoms with Crippen LogP contribution in [0, 0.1) is 6.92 Å². The SMILES string of the molecule is Cc1cc(CO)c(S(=O)(=O)O)cc1S(N)(=O)=O. The van der Waals surface area contributed by atoms with E-state index in [4.69, 9.17) is 14.8 Å². The van der Waals surface area contributed by atoms with Crippen molar-refractivity contribution >= 4 is 20.1 Å².